The summed E-state index contributed by atoms with van der Waals surface area (Å²) in [6.45, 7) is 0. The maximum absolute atomic E-state index is 11.6. The van der Waals surface area contributed by atoms with E-state index >= 15 is 0 Å². The van der Waals surface area contributed by atoms with Gasteiger partial charge in [0.2, 0.25) is 0 Å². The molecule has 0 saturated heterocycles. The Morgan fingerprint density at radius 2 is 1.64 bits per heavy atom. The largest absolute Gasteiger partial charge is 0.271 e. The summed E-state index contributed by atoms with van der Waals surface area (Å²) in [5.74, 6) is 0. The van der Waals surface area contributed by atoms with E-state index in [4.69, 9.17) is 0 Å². The molecule has 0 unspecified atom stereocenters. The summed E-state index contributed by atoms with van der Waals surface area (Å²) < 4.78 is 2.37. The van der Waals surface area contributed by atoms with Gasteiger partial charge in [-0.3, -0.25) is 9.36 Å². The van der Waals surface area contributed by atoms with Crippen LogP contribution in [0.2, 0.25) is 0 Å². The molecule has 0 aliphatic carbocycles. The van der Waals surface area contributed by atoms with Gasteiger partial charge in [0.15, 0.2) is 0 Å². The Morgan fingerprint density at radius 3 is 2.29 bits per heavy atom. The van der Waals surface area contributed by atoms with E-state index < -0.39 is 0 Å². The van der Waals surface area contributed by atoms with E-state index in [1.807, 2.05) is 36.4 Å². The van der Waals surface area contributed by atoms with Gasteiger partial charge in [-0.15, -0.1) is 0 Å². The number of para-hydroxylation sites is 1. The number of benzene rings is 1. The second-order valence-corrected chi connectivity index (χ2v) is 3.67. The number of pyridine rings is 1. The van der Waals surface area contributed by atoms with E-state index in [-0.39, 0.29) is 5.56 Å². The van der Waals surface area contributed by atoms with Crippen LogP contribution in [-0.2, 0) is 0 Å². The van der Waals surface area contributed by atoms with Gasteiger partial charge in [-0.05, 0) is 34.1 Å². The molecule has 0 fully saturated rings. The van der Waals surface area contributed by atoms with Gasteiger partial charge in [0.05, 0.1) is 4.60 Å². The summed E-state index contributed by atoms with van der Waals surface area (Å²) in [6, 6.07) is 14.6. The first kappa shape index (κ1) is 9.21. The van der Waals surface area contributed by atoms with Gasteiger partial charge in [0.1, 0.15) is 0 Å². The van der Waals surface area contributed by atoms with Gasteiger partial charge >= 0.3 is 0 Å². The van der Waals surface area contributed by atoms with Crippen LogP contribution in [0.3, 0.4) is 0 Å². The van der Waals surface area contributed by atoms with Crippen LogP contribution in [0.4, 0.5) is 0 Å². The number of halogens is 1. The number of nitrogens with zero attached hydrogens (tertiary/aromatic N) is 1. The Balaban J connectivity index is 2.69. The minimum atomic E-state index is -0.0365. The van der Waals surface area contributed by atoms with E-state index in [1.165, 1.54) is 6.07 Å². The van der Waals surface area contributed by atoms with Crippen LogP contribution >= 0.6 is 15.9 Å². The van der Waals surface area contributed by atoms with Gasteiger partial charge in [-0.2, -0.15) is 0 Å². The highest BCUT2D eigenvalue weighted by Crippen LogP contribution is 2.12. The van der Waals surface area contributed by atoms with E-state index in [1.54, 1.807) is 10.6 Å². The van der Waals surface area contributed by atoms with Crippen LogP contribution in [0.25, 0.3) is 5.69 Å². The van der Waals surface area contributed by atoms with Crippen molar-refractivity contribution in [3.05, 3.63) is 63.5 Å². The molecular formula is C11H8BrNO. The zero-order chi connectivity index (χ0) is 9.97. The van der Waals surface area contributed by atoms with Gasteiger partial charge in [-0.25, -0.2) is 0 Å². The number of hydrogen-bond acceptors (Lipinski definition) is 1. The summed E-state index contributed by atoms with van der Waals surface area (Å²) >= 11 is 3.35. The molecule has 0 spiro atoms. The van der Waals surface area contributed by atoms with Gasteiger partial charge in [-0.1, -0.05) is 24.3 Å². The first-order chi connectivity index (χ1) is 6.79. The maximum Gasteiger partial charge on any atom is 0.255 e. The molecule has 2 aromatic rings. The fourth-order valence-electron chi connectivity index (χ4n) is 1.29. The average molecular weight is 250 g/mol. The molecule has 0 radical (unpaired) electrons. The molecular weight excluding hydrogens is 242 g/mol. The first-order valence-electron chi connectivity index (χ1n) is 4.22. The van der Waals surface area contributed by atoms with Crippen LogP contribution in [0.15, 0.2) is 57.9 Å². The molecule has 2 nitrogen and oxygen atoms in total. The van der Waals surface area contributed by atoms with Gasteiger partial charge < -0.3 is 0 Å². The van der Waals surface area contributed by atoms with E-state index in [0.717, 1.165) is 10.3 Å². The van der Waals surface area contributed by atoms with Crippen LogP contribution in [0, 0.1) is 0 Å². The van der Waals surface area contributed by atoms with Crippen molar-refractivity contribution in [2.45, 2.75) is 0 Å². The molecule has 70 valence electrons. The molecule has 1 heterocycles. The molecule has 14 heavy (non-hydrogen) atoms. The summed E-state index contributed by atoms with van der Waals surface area (Å²) in [5, 5.41) is 0. The number of rotatable bonds is 1. The Bertz CT molecular complexity index is 490. The normalized spacial score (nSPS) is 10.1. The minimum absolute atomic E-state index is 0.0365. The first-order valence-corrected chi connectivity index (χ1v) is 5.01. The second-order valence-electron chi connectivity index (χ2n) is 2.86. The van der Waals surface area contributed by atoms with Crippen LogP contribution in [0.1, 0.15) is 0 Å². The monoisotopic (exact) mass is 249 g/mol. The van der Waals surface area contributed by atoms with Crippen molar-refractivity contribution < 1.29 is 0 Å². The fourth-order valence-corrected chi connectivity index (χ4v) is 1.82. The third-order valence-electron chi connectivity index (χ3n) is 1.92. The highest BCUT2D eigenvalue weighted by Gasteiger charge is 2.01. The molecule has 0 saturated carbocycles. The zero-order valence-corrected chi connectivity index (χ0v) is 8.94. The quantitative estimate of drug-likeness (QED) is 0.713. The van der Waals surface area contributed by atoms with Crippen LogP contribution in [0.5, 0.6) is 0 Å². The van der Waals surface area contributed by atoms with Crippen LogP contribution in [-0.4, -0.2) is 4.57 Å². The summed E-state index contributed by atoms with van der Waals surface area (Å²) in [4.78, 5) is 11.6. The molecule has 1 aromatic heterocycles. The van der Waals surface area contributed by atoms with E-state index in [2.05, 4.69) is 15.9 Å². The van der Waals surface area contributed by atoms with Crippen molar-refractivity contribution in [1.82, 2.24) is 4.57 Å². The molecule has 0 aliphatic rings. The molecule has 0 amide bonds. The summed E-state index contributed by atoms with van der Waals surface area (Å²) in [5.41, 5.74) is 0.829. The predicted octanol–water partition coefficient (Wildman–Crippen LogP) is 2.60. The lowest BCUT2D eigenvalue weighted by Crippen LogP contribution is -2.17. The molecule has 0 atom stereocenters. The highest BCUT2D eigenvalue weighted by molar-refractivity contribution is 9.10. The summed E-state index contributed by atoms with van der Waals surface area (Å²) in [6.07, 6.45) is 0. The zero-order valence-electron chi connectivity index (χ0n) is 7.35. The summed E-state index contributed by atoms with van der Waals surface area (Å²) in [7, 11) is 0. The van der Waals surface area contributed by atoms with Gasteiger partial charge in [0.25, 0.3) is 5.56 Å². The van der Waals surface area contributed by atoms with Crippen molar-refractivity contribution in [2.75, 3.05) is 0 Å². The fraction of sp³-hybridized carbons (Fsp3) is 0. The Hall–Kier alpha value is -1.35. The van der Waals surface area contributed by atoms with Crippen LogP contribution < -0.4 is 5.56 Å². The molecule has 0 bridgehead atoms. The smallest absolute Gasteiger partial charge is 0.255 e. The van der Waals surface area contributed by atoms with Crippen molar-refractivity contribution in [2.24, 2.45) is 0 Å². The van der Waals surface area contributed by atoms with E-state index in [9.17, 15) is 4.79 Å². The molecule has 0 N–H and O–H groups in total. The standard InChI is InChI=1S/C11H8BrNO/c12-10-7-4-8-11(14)13(10)9-5-2-1-3-6-9/h1-8H. The number of hydrogen-bond donors (Lipinski definition) is 0. The SMILES string of the molecule is O=c1cccc(Br)n1-c1ccccc1. The maximum atomic E-state index is 11.6. The third-order valence-corrected chi connectivity index (χ3v) is 2.54. The van der Waals surface area contributed by atoms with Gasteiger partial charge in [0, 0.05) is 11.8 Å². The Labute approximate surface area is 89.9 Å². The lowest BCUT2D eigenvalue weighted by Gasteiger charge is -2.06. The Morgan fingerprint density at radius 1 is 0.929 bits per heavy atom. The third kappa shape index (κ3) is 1.63. The lowest BCUT2D eigenvalue weighted by molar-refractivity contribution is 0.960. The van der Waals surface area contributed by atoms with Crippen molar-refractivity contribution >= 4 is 15.9 Å². The molecule has 3 heteroatoms. The lowest BCUT2D eigenvalue weighted by atomic mass is 10.3. The average Bonchev–Trinajstić information content (AvgIpc) is 2.19. The van der Waals surface area contributed by atoms with Crippen molar-refractivity contribution in [3.63, 3.8) is 0 Å². The van der Waals surface area contributed by atoms with Crippen molar-refractivity contribution in [1.29, 1.82) is 0 Å². The van der Waals surface area contributed by atoms with Crippen molar-refractivity contribution in [3.8, 4) is 5.69 Å². The highest BCUT2D eigenvalue weighted by atomic mass is 79.9. The van der Waals surface area contributed by atoms with E-state index in [0.29, 0.717) is 0 Å². The Kier molecular flexibility index (Phi) is 2.50. The molecule has 1 aromatic carbocycles. The second kappa shape index (κ2) is 3.80. The topological polar surface area (TPSA) is 22.0 Å². The predicted molar refractivity (Wildman–Crippen MR) is 59.7 cm³/mol. The molecule has 2 rings (SSSR count). The minimum Gasteiger partial charge on any atom is -0.271 e. The number of aromatic nitrogens is 1. The molecule has 0 aliphatic heterocycles.